The lowest BCUT2D eigenvalue weighted by atomic mass is 10.1. The van der Waals surface area contributed by atoms with Crippen LogP contribution in [0.4, 0.5) is 5.82 Å². The van der Waals surface area contributed by atoms with Crippen molar-refractivity contribution in [3.63, 3.8) is 0 Å². The van der Waals surface area contributed by atoms with Crippen LogP contribution in [0.3, 0.4) is 0 Å². The van der Waals surface area contributed by atoms with Gasteiger partial charge in [-0.25, -0.2) is 4.68 Å². The number of rotatable bonds is 10. The summed E-state index contributed by atoms with van der Waals surface area (Å²) in [6.07, 6.45) is 3.35. The van der Waals surface area contributed by atoms with Gasteiger partial charge < -0.3 is 9.84 Å². The van der Waals surface area contributed by atoms with E-state index in [1.165, 1.54) is 0 Å². The molecule has 0 aliphatic carbocycles. The first kappa shape index (κ1) is 21.5. The van der Waals surface area contributed by atoms with E-state index in [2.05, 4.69) is 15.6 Å². The fourth-order valence-electron chi connectivity index (χ4n) is 3.53. The van der Waals surface area contributed by atoms with Gasteiger partial charge in [-0.3, -0.25) is 9.69 Å². The van der Waals surface area contributed by atoms with Gasteiger partial charge in [0.15, 0.2) is 0 Å². The van der Waals surface area contributed by atoms with E-state index < -0.39 is 0 Å². The smallest absolute Gasteiger partial charge is 0.239 e. The zero-order chi connectivity index (χ0) is 22.2. The third-order valence-corrected chi connectivity index (χ3v) is 5.16. The lowest BCUT2D eigenvalue weighted by Crippen LogP contribution is -2.31. The highest BCUT2D eigenvalue weighted by molar-refractivity contribution is 5.91. The molecule has 0 atom stereocenters. The highest BCUT2D eigenvalue weighted by Crippen LogP contribution is 2.19. The number of carbonyl (C=O) groups excluding carboxylic acids is 1. The maximum Gasteiger partial charge on any atom is 0.239 e. The number of benzene rings is 2. The van der Waals surface area contributed by atoms with E-state index in [0.717, 1.165) is 42.0 Å². The van der Waals surface area contributed by atoms with Crippen LogP contribution in [-0.2, 0) is 17.8 Å². The minimum absolute atomic E-state index is 0.0617. The molecule has 1 N–H and O–H groups in total. The van der Waals surface area contributed by atoms with E-state index in [1.54, 1.807) is 10.9 Å². The third-order valence-electron chi connectivity index (χ3n) is 5.16. The van der Waals surface area contributed by atoms with Crippen LogP contribution in [0.5, 0.6) is 0 Å². The predicted octanol–water partition coefficient (Wildman–Crippen LogP) is 4.09. The van der Waals surface area contributed by atoms with Crippen molar-refractivity contribution >= 4 is 11.7 Å². The van der Waals surface area contributed by atoms with Gasteiger partial charge >= 0.3 is 0 Å². The third kappa shape index (κ3) is 5.92. The molecule has 7 nitrogen and oxygen atoms in total. The zero-order valence-electron chi connectivity index (χ0n) is 18.1. The summed E-state index contributed by atoms with van der Waals surface area (Å²) in [5.74, 6) is 1.49. The van der Waals surface area contributed by atoms with Gasteiger partial charge in [0.2, 0.25) is 5.91 Å². The molecule has 0 radical (unpaired) electrons. The number of likely N-dealkylation sites (N-methyl/N-ethyl adjacent to an activating group) is 1. The second-order valence-corrected chi connectivity index (χ2v) is 7.79. The zero-order valence-corrected chi connectivity index (χ0v) is 18.1. The lowest BCUT2D eigenvalue weighted by molar-refractivity contribution is -0.117. The number of aryl methyl sites for hydroxylation is 1. The number of hydrogen-bond donors (Lipinski definition) is 1. The van der Waals surface area contributed by atoms with Crippen LogP contribution in [0, 0.1) is 0 Å². The van der Waals surface area contributed by atoms with Gasteiger partial charge in [0, 0.05) is 24.1 Å². The Labute approximate surface area is 187 Å². The fourth-order valence-corrected chi connectivity index (χ4v) is 3.53. The lowest BCUT2D eigenvalue weighted by Gasteiger charge is -2.16. The molecule has 4 rings (SSSR count). The molecule has 32 heavy (non-hydrogen) atoms. The van der Waals surface area contributed by atoms with Crippen LogP contribution >= 0.6 is 0 Å². The van der Waals surface area contributed by atoms with E-state index in [1.807, 2.05) is 84.7 Å². The Hall–Kier alpha value is -3.71. The SMILES string of the molecule is CN(CCCc1cc(-c2ccccc2)no1)CC(=O)Nc1ccnn1Cc1ccccc1. The van der Waals surface area contributed by atoms with E-state index in [0.29, 0.717) is 18.9 Å². The number of hydrogen-bond acceptors (Lipinski definition) is 5. The molecule has 0 aliphatic rings. The second kappa shape index (κ2) is 10.5. The van der Waals surface area contributed by atoms with E-state index in [9.17, 15) is 4.79 Å². The average Bonchev–Trinajstić information content (AvgIpc) is 3.45. The van der Waals surface area contributed by atoms with Crippen molar-refractivity contribution in [3.8, 4) is 11.3 Å². The molecular weight excluding hydrogens is 402 g/mol. The number of anilines is 1. The van der Waals surface area contributed by atoms with Crippen molar-refractivity contribution in [2.75, 3.05) is 25.5 Å². The number of nitrogens with zero attached hydrogens (tertiary/aromatic N) is 4. The molecule has 0 saturated carbocycles. The van der Waals surface area contributed by atoms with Crippen molar-refractivity contribution in [2.45, 2.75) is 19.4 Å². The largest absolute Gasteiger partial charge is 0.361 e. The highest BCUT2D eigenvalue weighted by atomic mass is 16.5. The number of nitrogens with one attached hydrogen (secondary N) is 1. The maximum absolute atomic E-state index is 12.5. The summed E-state index contributed by atoms with van der Waals surface area (Å²) in [7, 11) is 1.94. The van der Waals surface area contributed by atoms with Gasteiger partial charge in [-0.1, -0.05) is 65.8 Å². The van der Waals surface area contributed by atoms with Crippen molar-refractivity contribution < 1.29 is 9.32 Å². The monoisotopic (exact) mass is 429 g/mol. The van der Waals surface area contributed by atoms with Gasteiger partial charge in [0.1, 0.15) is 17.3 Å². The number of amides is 1. The van der Waals surface area contributed by atoms with Crippen molar-refractivity contribution in [1.29, 1.82) is 0 Å². The number of aromatic nitrogens is 3. The standard InChI is InChI=1S/C25H27N5O2/c1-29(16-8-13-22-17-23(28-32-22)21-11-6-3-7-12-21)19-25(31)27-24-14-15-26-30(24)18-20-9-4-2-5-10-20/h2-7,9-12,14-15,17H,8,13,16,18-19H2,1H3,(H,27,31). The normalized spacial score (nSPS) is 11.1. The molecule has 2 heterocycles. The summed E-state index contributed by atoms with van der Waals surface area (Å²) in [6.45, 7) is 1.70. The van der Waals surface area contributed by atoms with Gasteiger partial charge in [-0.2, -0.15) is 5.10 Å². The Morgan fingerprint density at radius 3 is 2.59 bits per heavy atom. The molecule has 164 valence electrons. The minimum Gasteiger partial charge on any atom is -0.361 e. The molecule has 0 spiro atoms. The van der Waals surface area contributed by atoms with Crippen LogP contribution in [0.1, 0.15) is 17.7 Å². The van der Waals surface area contributed by atoms with Crippen molar-refractivity contribution in [2.24, 2.45) is 0 Å². The molecule has 0 fully saturated rings. The fraction of sp³-hybridized carbons (Fsp3) is 0.240. The Morgan fingerprint density at radius 1 is 1.06 bits per heavy atom. The molecule has 0 saturated heterocycles. The summed E-state index contributed by atoms with van der Waals surface area (Å²) in [4.78, 5) is 14.5. The topological polar surface area (TPSA) is 76.2 Å². The van der Waals surface area contributed by atoms with Crippen molar-refractivity contribution in [3.05, 3.63) is 90.3 Å². The van der Waals surface area contributed by atoms with E-state index >= 15 is 0 Å². The van der Waals surface area contributed by atoms with Gasteiger partial charge in [0.25, 0.3) is 0 Å². The predicted molar refractivity (Wildman–Crippen MR) is 124 cm³/mol. The molecular formula is C25H27N5O2. The molecule has 7 heteroatoms. The summed E-state index contributed by atoms with van der Waals surface area (Å²) >= 11 is 0. The first-order chi connectivity index (χ1) is 15.7. The molecule has 4 aromatic rings. The summed E-state index contributed by atoms with van der Waals surface area (Å²) in [5, 5.41) is 11.4. The first-order valence-electron chi connectivity index (χ1n) is 10.7. The molecule has 0 aliphatic heterocycles. The average molecular weight is 430 g/mol. The van der Waals surface area contributed by atoms with Crippen LogP contribution in [0.2, 0.25) is 0 Å². The van der Waals surface area contributed by atoms with Crippen LogP contribution in [0.15, 0.2) is 83.5 Å². The Kier molecular flexibility index (Phi) is 7.09. The Balaban J connectivity index is 1.21. The summed E-state index contributed by atoms with van der Waals surface area (Å²) in [6, 6.07) is 23.8. The quantitative estimate of drug-likeness (QED) is 0.411. The van der Waals surface area contributed by atoms with Crippen LogP contribution < -0.4 is 5.32 Å². The van der Waals surface area contributed by atoms with Gasteiger partial charge in [-0.15, -0.1) is 0 Å². The molecule has 1 amide bonds. The second-order valence-electron chi connectivity index (χ2n) is 7.79. The first-order valence-corrected chi connectivity index (χ1v) is 10.7. The number of carbonyl (C=O) groups is 1. The van der Waals surface area contributed by atoms with Crippen molar-refractivity contribution in [1.82, 2.24) is 19.8 Å². The summed E-state index contributed by atoms with van der Waals surface area (Å²) in [5.41, 5.74) is 3.02. The molecule has 0 bridgehead atoms. The highest BCUT2D eigenvalue weighted by Gasteiger charge is 2.11. The minimum atomic E-state index is -0.0617. The van der Waals surface area contributed by atoms with E-state index in [-0.39, 0.29) is 5.91 Å². The Morgan fingerprint density at radius 2 is 1.81 bits per heavy atom. The summed E-state index contributed by atoms with van der Waals surface area (Å²) < 4.78 is 7.25. The maximum atomic E-state index is 12.5. The van der Waals surface area contributed by atoms with Gasteiger partial charge in [-0.05, 0) is 25.6 Å². The van der Waals surface area contributed by atoms with Crippen LogP contribution in [-0.4, -0.2) is 45.9 Å². The molecule has 2 aromatic carbocycles. The van der Waals surface area contributed by atoms with Gasteiger partial charge in [0.05, 0.1) is 19.3 Å². The van der Waals surface area contributed by atoms with Crippen LogP contribution in [0.25, 0.3) is 11.3 Å². The molecule has 2 aromatic heterocycles. The molecule has 0 unspecified atom stereocenters. The Bertz CT molecular complexity index is 1120. The van der Waals surface area contributed by atoms with E-state index in [4.69, 9.17) is 4.52 Å².